The van der Waals surface area contributed by atoms with Gasteiger partial charge in [0, 0.05) is 41.3 Å². The first-order chi connectivity index (χ1) is 18.2. The lowest BCUT2D eigenvalue weighted by Crippen LogP contribution is -2.21. The van der Waals surface area contributed by atoms with E-state index in [2.05, 4.69) is 30.8 Å². The number of carbonyl (C=O) groups excluding carboxylic acids is 1. The number of pyridine rings is 2. The van der Waals surface area contributed by atoms with Crippen molar-refractivity contribution in [3.63, 3.8) is 0 Å². The van der Waals surface area contributed by atoms with Gasteiger partial charge in [0.25, 0.3) is 5.91 Å². The smallest absolute Gasteiger partial charge is 0.431 e. The quantitative estimate of drug-likeness (QED) is 0.276. The van der Waals surface area contributed by atoms with Gasteiger partial charge in [-0.25, -0.2) is 4.98 Å². The summed E-state index contributed by atoms with van der Waals surface area (Å²) in [6, 6.07) is 15.8. The summed E-state index contributed by atoms with van der Waals surface area (Å²) in [5, 5.41) is 20.2. The number of hydrogen-bond acceptors (Lipinski definition) is 8. The minimum Gasteiger partial charge on any atom is -0.481 e. The molecule has 0 aliphatic rings. The maximum absolute atomic E-state index is 13.6. The van der Waals surface area contributed by atoms with Crippen LogP contribution in [-0.4, -0.2) is 45.1 Å². The molecule has 9 nitrogen and oxygen atoms in total. The van der Waals surface area contributed by atoms with Crippen molar-refractivity contribution in [2.75, 3.05) is 17.7 Å². The van der Waals surface area contributed by atoms with E-state index in [1.165, 1.54) is 43.8 Å². The van der Waals surface area contributed by atoms with Crippen molar-refractivity contribution in [1.29, 1.82) is 5.41 Å². The number of nitrogens with zero attached hydrogens (tertiary/aromatic N) is 4. The summed E-state index contributed by atoms with van der Waals surface area (Å²) >= 11 is 0. The molecule has 0 saturated carbocycles. The van der Waals surface area contributed by atoms with Gasteiger partial charge >= 0.3 is 6.18 Å². The first-order valence-corrected chi connectivity index (χ1v) is 11.0. The van der Waals surface area contributed by atoms with Gasteiger partial charge in [-0.2, -0.15) is 13.2 Å². The topological polar surface area (TPSA) is 126 Å². The fourth-order valence-electron chi connectivity index (χ4n) is 3.24. The van der Waals surface area contributed by atoms with Crippen LogP contribution in [0, 0.1) is 5.41 Å². The molecule has 192 valence electrons. The molecular weight excluding hydrogens is 499 g/mol. The van der Waals surface area contributed by atoms with Crippen molar-refractivity contribution in [2.45, 2.75) is 6.18 Å². The Morgan fingerprint density at radius 3 is 2.26 bits per heavy atom. The van der Waals surface area contributed by atoms with E-state index in [0.29, 0.717) is 17.5 Å². The molecule has 4 aromatic rings. The molecule has 12 heteroatoms. The number of carbonyl (C=O) groups is 1. The number of anilines is 2. The summed E-state index contributed by atoms with van der Waals surface area (Å²) in [7, 11) is 1.51. The van der Waals surface area contributed by atoms with Crippen molar-refractivity contribution in [3.8, 4) is 17.0 Å². The van der Waals surface area contributed by atoms with E-state index >= 15 is 0 Å². The molecule has 0 spiro atoms. The molecular formula is C26H20F3N7O2. The van der Waals surface area contributed by atoms with Gasteiger partial charge in [-0.3, -0.25) is 9.78 Å². The monoisotopic (exact) mass is 519 g/mol. The van der Waals surface area contributed by atoms with E-state index in [4.69, 9.17) is 10.1 Å². The minimum atomic E-state index is -4.78. The normalized spacial score (nSPS) is 11.5. The van der Waals surface area contributed by atoms with Gasteiger partial charge in [-0.1, -0.05) is 12.1 Å². The predicted octanol–water partition coefficient (Wildman–Crippen LogP) is 5.12. The number of nitrogens with one attached hydrogen (secondary N) is 3. The Bertz CT molecular complexity index is 1460. The van der Waals surface area contributed by atoms with Gasteiger partial charge in [0.15, 0.2) is 11.6 Å². The minimum absolute atomic E-state index is 0.0395. The Labute approximate surface area is 215 Å². The second-order valence-electron chi connectivity index (χ2n) is 7.76. The summed E-state index contributed by atoms with van der Waals surface area (Å²) in [5.41, 5.74) is 0.485. The molecule has 0 saturated heterocycles. The molecule has 0 aliphatic heterocycles. The Balaban J connectivity index is 1.45. The van der Waals surface area contributed by atoms with Crippen LogP contribution >= 0.6 is 0 Å². The Morgan fingerprint density at radius 1 is 0.921 bits per heavy atom. The highest BCUT2D eigenvalue weighted by molar-refractivity contribution is 6.07. The second-order valence-corrected chi connectivity index (χ2v) is 7.76. The SMILES string of the molecule is COc1ccc(-c2cccc(C(=O)Nc3ccc(N/C(=C\C(=N)c4cccnc4)C(F)(F)F)nn3)c2)cn1. The van der Waals surface area contributed by atoms with Crippen LogP contribution in [0.4, 0.5) is 24.8 Å². The van der Waals surface area contributed by atoms with Crippen molar-refractivity contribution < 1.29 is 22.7 Å². The van der Waals surface area contributed by atoms with E-state index in [-0.39, 0.29) is 22.9 Å². The number of halogens is 3. The highest BCUT2D eigenvalue weighted by Gasteiger charge is 2.34. The fraction of sp³-hybridized carbons (Fsp3) is 0.0769. The zero-order valence-electron chi connectivity index (χ0n) is 19.8. The van der Waals surface area contributed by atoms with E-state index in [1.54, 1.807) is 30.5 Å². The highest BCUT2D eigenvalue weighted by atomic mass is 19.4. The molecule has 0 bridgehead atoms. The number of allylic oxidation sites excluding steroid dienone is 2. The van der Waals surface area contributed by atoms with Crippen LogP contribution in [0.3, 0.4) is 0 Å². The van der Waals surface area contributed by atoms with Crippen LogP contribution in [-0.2, 0) is 0 Å². The predicted molar refractivity (Wildman–Crippen MR) is 135 cm³/mol. The summed E-state index contributed by atoms with van der Waals surface area (Å²) < 4.78 is 45.7. The number of hydrogen-bond donors (Lipinski definition) is 3. The lowest BCUT2D eigenvalue weighted by Gasteiger charge is -2.14. The van der Waals surface area contributed by atoms with Crippen LogP contribution in [0.1, 0.15) is 15.9 Å². The van der Waals surface area contributed by atoms with Gasteiger partial charge in [0.1, 0.15) is 5.70 Å². The molecule has 3 aromatic heterocycles. The standard InChI is InChI=1S/C26H20F3N7O2/c1-38-24-10-7-18(15-32-24)16-4-2-5-17(12-16)25(37)34-23-9-8-22(35-36-23)33-21(26(27,28)29)13-20(30)19-6-3-11-31-14-19/h2-15,30H,1H3,(H,33,35)(H,34,36,37)/b21-13-,30-20?. The van der Waals surface area contributed by atoms with E-state index in [9.17, 15) is 18.0 Å². The first-order valence-electron chi connectivity index (χ1n) is 11.0. The van der Waals surface area contributed by atoms with E-state index in [0.717, 1.165) is 11.1 Å². The number of rotatable bonds is 8. The Hall–Kier alpha value is -5.13. The van der Waals surface area contributed by atoms with Crippen molar-refractivity contribution in [1.82, 2.24) is 20.2 Å². The summed E-state index contributed by atoms with van der Waals surface area (Å²) in [6.45, 7) is 0. The van der Waals surface area contributed by atoms with Gasteiger partial charge in [0.2, 0.25) is 5.88 Å². The Kier molecular flexibility index (Phi) is 7.71. The average Bonchev–Trinajstić information content (AvgIpc) is 2.93. The zero-order valence-corrected chi connectivity index (χ0v) is 19.8. The van der Waals surface area contributed by atoms with E-state index in [1.807, 2.05) is 12.1 Å². The summed E-state index contributed by atoms with van der Waals surface area (Å²) in [6.07, 6.45) is 0.213. The van der Waals surface area contributed by atoms with Gasteiger partial charge < -0.3 is 20.8 Å². The van der Waals surface area contributed by atoms with Crippen molar-refractivity contribution in [2.24, 2.45) is 0 Å². The van der Waals surface area contributed by atoms with Crippen LogP contribution in [0.25, 0.3) is 11.1 Å². The maximum Gasteiger partial charge on any atom is 0.431 e. The fourth-order valence-corrected chi connectivity index (χ4v) is 3.24. The van der Waals surface area contributed by atoms with Crippen LogP contribution in [0.5, 0.6) is 5.88 Å². The molecule has 0 unspecified atom stereocenters. The first kappa shape index (κ1) is 25.9. The Morgan fingerprint density at radius 2 is 1.66 bits per heavy atom. The van der Waals surface area contributed by atoms with E-state index < -0.39 is 17.8 Å². The lowest BCUT2D eigenvalue weighted by molar-refractivity contribution is -0.0901. The number of ether oxygens (including phenoxy) is 1. The number of benzene rings is 1. The zero-order chi connectivity index (χ0) is 27.1. The second kappa shape index (κ2) is 11.3. The molecule has 0 fully saturated rings. The van der Waals surface area contributed by atoms with Crippen molar-refractivity contribution in [3.05, 3.63) is 102 Å². The van der Waals surface area contributed by atoms with Crippen molar-refractivity contribution >= 4 is 23.3 Å². The van der Waals surface area contributed by atoms with Gasteiger partial charge in [-0.15, -0.1) is 10.2 Å². The van der Waals surface area contributed by atoms with Crippen LogP contribution in [0.2, 0.25) is 0 Å². The molecule has 3 N–H and O–H groups in total. The molecule has 0 radical (unpaired) electrons. The highest BCUT2D eigenvalue weighted by Crippen LogP contribution is 2.27. The third-order valence-corrected chi connectivity index (χ3v) is 5.14. The third-order valence-electron chi connectivity index (χ3n) is 5.14. The molecule has 4 rings (SSSR count). The third kappa shape index (κ3) is 6.55. The maximum atomic E-state index is 13.6. The molecule has 38 heavy (non-hydrogen) atoms. The average molecular weight is 519 g/mol. The van der Waals surface area contributed by atoms with Gasteiger partial charge in [-0.05, 0) is 54.1 Å². The molecule has 3 heterocycles. The number of alkyl halides is 3. The summed E-state index contributed by atoms with van der Waals surface area (Å²) in [4.78, 5) is 20.7. The number of amides is 1. The molecule has 1 amide bonds. The molecule has 1 aromatic carbocycles. The number of methoxy groups -OCH3 is 1. The lowest BCUT2D eigenvalue weighted by atomic mass is 10.0. The van der Waals surface area contributed by atoms with Gasteiger partial charge in [0.05, 0.1) is 12.8 Å². The van der Waals surface area contributed by atoms with Crippen LogP contribution < -0.4 is 15.4 Å². The summed E-state index contributed by atoms with van der Waals surface area (Å²) in [5.74, 6) is -0.204. The number of aromatic nitrogens is 4. The molecule has 0 atom stereocenters. The largest absolute Gasteiger partial charge is 0.481 e. The molecule has 0 aliphatic carbocycles. The van der Waals surface area contributed by atoms with Crippen LogP contribution in [0.15, 0.2) is 91.0 Å².